The van der Waals surface area contributed by atoms with Gasteiger partial charge in [-0.3, -0.25) is 9.97 Å². The summed E-state index contributed by atoms with van der Waals surface area (Å²) in [5, 5.41) is 22.1. The number of aromatic nitrogens is 4. The third-order valence-corrected chi connectivity index (χ3v) is 4.67. The smallest absolute Gasteiger partial charge is 0.143 e. The first-order chi connectivity index (χ1) is 13.7. The van der Waals surface area contributed by atoms with E-state index in [0.29, 0.717) is 22.5 Å². The topological polar surface area (TPSA) is 92.0 Å². The van der Waals surface area contributed by atoms with Crippen molar-refractivity contribution >= 4 is 21.8 Å². The van der Waals surface area contributed by atoms with Gasteiger partial charge in [0.05, 0.1) is 34.8 Å². The molecular weight excluding hydrogens is 547 g/mol. The molecule has 6 nitrogen and oxygen atoms in total. The molecule has 144 valence electrons. The van der Waals surface area contributed by atoms with Crippen molar-refractivity contribution in [1.82, 2.24) is 19.9 Å². The van der Waals surface area contributed by atoms with Crippen LogP contribution in [0.2, 0.25) is 0 Å². The van der Waals surface area contributed by atoms with E-state index in [2.05, 4.69) is 9.97 Å². The Labute approximate surface area is 180 Å². The van der Waals surface area contributed by atoms with E-state index >= 15 is 0 Å². The molecule has 0 saturated heterocycles. The molecule has 7 heteroatoms. The predicted octanol–water partition coefficient (Wildman–Crippen LogP) is 4.32. The molecule has 5 aromatic rings. The molecule has 0 saturated carbocycles. The first kappa shape index (κ1) is 19.0. The van der Waals surface area contributed by atoms with Gasteiger partial charge in [-0.1, -0.05) is 24.3 Å². The van der Waals surface area contributed by atoms with Gasteiger partial charge in [0.1, 0.15) is 11.5 Å². The van der Waals surface area contributed by atoms with Crippen molar-refractivity contribution in [3.05, 3.63) is 73.3 Å². The molecule has 0 aliphatic heterocycles. The number of rotatable bonds is 2. The van der Waals surface area contributed by atoms with Crippen LogP contribution in [-0.2, 0) is 21.1 Å². The van der Waals surface area contributed by atoms with Crippen LogP contribution in [0, 0.1) is 0 Å². The van der Waals surface area contributed by atoms with E-state index in [1.54, 1.807) is 24.5 Å². The first-order valence-corrected chi connectivity index (χ1v) is 8.68. The summed E-state index contributed by atoms with van der Waals surface area (Å²) in [6, 6.07) is 15.1. The summed E-state index contributed by atoms with van der Waals surface area (Å²) in [6.45, 7) is 0. The standard InChI is InChI=1S/C22H14N4O2.Pt/c27-19-11-23-9-7-15(19)17-5-3-13-1-2-14-4-6-18(26-22(14)21(13)25-17)16-8-10-24-12-20(16)28;/h1-12,27-28H;. The van der Waals surface area contributed by atoms with Gasteiger partial charge in [-0.25, -0.2) is 9.97 Å². The van der Waals surface area contributed by atoms with Crippen molar-refractivity contribution in [2.24, 2.45) is 0 Å². The number of hydrogen-bond donors (Lipinski definition) is 2. The third kappa shape index (κ3) is 3.32. The Morgan fingerprint density at radius 2 is 0.966 bits per heavy atom. The van der Waals surface area contributed by atoms with Gasteiger partial charge in [0, 0.05) is 55.4 Å². The molecule has 0 aliphatic rings. The van der Waals surface area contributed by atoms with Crippen molar-refractivity contribution in [1.29, 1.82) is 0 Å². The maximum absolute atomic E-state index is 10.1. The van der Waals surface area contributed by atoms with Crippen LogP contribution in [0.3, 0.4) is 0 Å². The molecule has 0 fully saturated rings. The van der Waals surface area contributed by atoms with Crippen LogP contribution in [0.25, 0.3) is 44.3 Å². The second-order valence-electron chi connectivity index (χ2n) is 6.39. The first-order valence-electron chi connectivity index (χ1n) is 8.68. The fourth-order valence-corrected chi connectivity index (χ4v) is 3.27. The van der Waals surface area contributed by atoms with Crippen molar-refractivity contribution in [2.45, 2.75) is 0 Å². The van der Waals surface area contributed by atoms with Gasteiger partial charge in [-0.05, 0) is 24.3 Å². The molecular formula is C22H14N4O2Pt. The molecule has 29 heavy (non-hydrogen) atoms. The number of fused-ring (bicyclic) bond motifs is 3. The van der Waals surface area contributed by atoms with E-state index < -0.39 is 0 Å². The average Bonchev–Trinajstić information content (AvgIpc) is 2.74. The molecule has 1 aromatic carbocycles. The van der Waals surface area contributed by atoms with Crippen molar-refractivity contribution in [3.8, 4) is 34.0 Å². The minimum atomic E-state index is 0. The summed E-state index contributed by atoms with van der Waals surface area (Å²) in [4.78, 5) is 17.4. The zero-order chi connectivity index (χ0) is 19.1. The van der Waals surface area contributed by atoms with Crippen LogP contribution in [-0.4, -0.2) is 30.1 Å². The molecule has 0 radical (unpaired) electrons. The van der Waals surface area contributed by atoms with Crippen LogP contribution in [0.4, 0.5) is 0 Å². The van der Waals surface area contributed by atoms with Crippen LogP contribution in [0.5, 0.6) is 11.5 Å². The van der Waals surface area contributed by atoms with Gasteiger partial charge in [0.15, 0.2) is 0 Å². The zero-order valence-electron chi connectivity index (χ0n) is 14.9. The predicted molar refractivity (Wildman–Crippen MR) is 107 cm³/mol. The molecule has 5 rings (SSSR count). The number of aromatic hydroxyl groups is 2. The Kier molecular flexibility index (Phi) is 4.95. The summed E-state index contributed by atoms with van der Waals surface area (Å²) < 4.78 is 0. The van der Waals surface area contributed by atoms with E-state index in [0.717, 1.165) is 21.8 Å². The van der Waals surface area contributed by atoms with E-state index in [1.165, 1.54) is 12.4 Å². The quantitative estimate of drug-likeness (QED) is 0.312. The molecule has 0 unspecified atom stereocenters. The van der Waals surface area contributed by atoms with Crippen molar-refractivity contribution < 1.29 is 31.3 Å². The second kappa shape index (κ2) is 7.57. The Balaban J connectivity index is 0.00000205. The molecule has 0 bridgehead atoms. The molecule has 0 atom stereocenters. The Hall–Kier alpha value is -3.37. The average molecular weight is 561 g/mol. The molecule has 2 N–H and O–H groups in total. The number of benzene rings is 1. The number of nitrogens with zero attached hydrogens (tertiary/aromatic N) is 4. The summed E-state index contributed by atoms with van der Waals surface area (Å²) >= 11 is 0. The summed E-state index contributed by atoms with van der Waals surface area (Å²) in [5.41, 5.74) is 3.94. The number of pyridine rings is 4. The maximum atomic E-state index is 10.1. The van der Waals surface area contributed by atoms with Gasteiger partial charge in [0.2, 0.25) is 0 Å². The van der Waals surface area contributed by atoms with Crippen LogP contribution >= 0.6 is 0 Å². The van der Waals surface area contributed by atoms with E-state index in [1.807, 2.05) is 36.4 Å². The Bertz CT molecular complexity index is 1250. The summed E-state index contributed by atoms with van der Waals surface area (Å²) in [6.07, 6.45) is 6.03. The van der Waals surface area contributed by atoms with Gasteiger partial charge < -0.3 is 10.2 Å². The van der Waals surface area contributed by atoms with Gasteiger partial charge in [0.25, 0.3) is 0 Å². The minimum Gasteiger partial charge on any atom is -0.506 e. The van der Waals surface area contributed by atoms with Crippen LogP contribution < -0.4 is 0 Å². The molecule has 4 heterocycles. The van der Waals surface area contributed by atoms with Gasteiger partial charge in [-0.15, -0.1) is 0 Å². The summed E-state index contributed by atoms with van der Waals surface area (Å²) in [7, 11) is 0. The fourth-order valence-electron chi connectivity index (χ4n) is 3.27. The largest absolute Gasteiger partial charge is 0.506 e. The summed E-state index contributed by atoms with van der Waals surface area (Å²) in [5.74, 6) is 0.148. The molecule has 0 spiro atoms. The van der Waals surface area contributed by atoms with E-state index in [9.17, 15) is 10.2 Å². The van der Waals surface area contributed by atoms with E-state index in [-0.39, 0.29) is 32.6 Å². The molecule has 4 aromatic heterocycles. The van der Waals surface area contributed by atoms with E-state index in [4.69, 9.17) is 9.97 Å². The number of hydrogen-bond acceptors (Lipinski definition) is 6. The van der Waals surface area contributed by atoms with Crippen LogP contribution in [0.15, 0.2) is 73.3 Å². The third-order valence-electron chi connectivity index (χ3n) is 4.67. The molecule has 0 aliphatic carbocycles. The maximum Gasteiger partial charge on any atom is 0.143 e. The fraction of sp³-hybridized carbons (Fsp3) is 0. The Morgan fingerprint density at radius 3 is 1.38 bits per heavy atom. The van der Waals surface area contributed by atoms with Gasteiger partial charge in [-0.2, -0.15) is 0 Å². The Morgan fingerprint density at radius 1 is 0.552 bits per heavy atom. The van der Waals surface area contributed by atoms with Crippen molar-refractivity contribution in [3.63, 3.8) is 0 Å². The zero-order valence-corrected chi connectivity index (χ0v) is 17.2. The van der Waals surface area contributed by atoms with Crippen LogP contribution in [0.1, 0.15) is 0 Å². The van der Waals surface area contributed by atoms with Gasteiger partial charge >= 0.3 is 0 Å². The monoisotopic (exact) mass is 561 g/mol. The SMILES string of the molecule is Oc1cnccc1-c1ccc2ccc3ccc(-c4ccncc4O)nc3c2n1.[Pt]. The molecule has 0 amide bonds. The second-order valence-corrected chi connectivity index (χ2v) is 6.39. The normalized spacial score (nSPS) is 10.8. The van der Waals surface area contributed by atoms with Crippen molar-refractivity contribution in [2.75, 3.05) is 0 Å². The minimum absolute atomic E-state index is 0.